The highest BCUT2D eigenvalue weighted by atomic mass is 32.2. The van der Waals surface area contributed by atoms with E-state index in [-0.39, 0.29) is 37.7 Å². The number of aromatic nitrogens is 2. The summed E-state index contributed by atoms with van der Waals surface area (Å²) >= 11 is 0. The average Bonchev–Trinajstić information content (AvgIpc) is 3.48. The van der Waals surface area contributed by atoms with Crippen LogP contribution in [-0.2, 0) is 10.0 Å². The maximum absolute atomic E-state index is 13.6. The van der Waals surface area contributed by atoms with Crippen LogP contribution < -0.4 is 19.8 Å². The van der Waals surface area contributed by atoms with E-state index >= 15 is 0 Å². The van der Waals surface area contributed by atoms with Gasteiger partial charge in [0, 0.05) is 50.8 Å². The Morgan fingerprint density at radius 1 is 1.08 bits per heavy atom. The lowest BCUT2D eigenvalue weighted by Gasteiger charge is -2.33. The minimum atomic E-state index is -3.48. The van der Waals surface area contributed by atoms with Crippen molar-refractivity contribution in [1.82, 2.24) is 9.97 Å². The van der Waals surface area contributed by atoms with Crippen LogP contribution in [0.4, 0.5) is 31.9 Å². The molecule has 1 amide bonds. The lowest BCUT2D eigenvalue weighted by atomic mass is 9.96. The molecule has 3 fully saturated rings. The van der Waals surface area contributed by atoms with Gasteiger partial charge in [-0.3, -0.25) is 9.52 Å². The summed E-state index contributed by atoms with van der Waals surface area (Å²) in [6.45, 7) is 5.89. The van der Waals surface area contributed by atoms with Gasteiger partial charge in [-0.25, -0.2) is 22.2 Å². The van der Waals surface area contributed by atoms with Crippen LogP contribution in [0.15, 0.2) is 24.3 Å². The zero-order chi connectivity index (χ0) is 26.6. The number of aryl methyl sites for hydroxylation is 1. The Balaban J connectivity index is 1.40. The van der Waals surface area contributed by atoms with Crippen molar-refractivity contribution in [3.8, 4) is 0 Å². The number of amides is 1. The highest BCUT2D eigenvalue weighted by molar-refractivity contribution is 7.92. The fourth-order valence-electron chi connectivity index (χ4n) is 5.30. The molecule has 1 saturated carbocycles. The van der Waals surface area contributed by atoms with Gasteiger partial charge in [0.25, 0.3) is 11.8 Å². The second-order valence-electron chi connectivity index (χ2n) is 10.8. The van der Waals surface area contributed by atoms with Gasteiger partial charge < -0.3 is 15.1 Å². The molecule has 1 aromatic heterocycles. The number of piperidine rings is 2. The normalized spacial score (nSPS) is 24.8. The Hall–Kier alpha value is -3.02. The molecule has 12 heteroatoms. The second-order valence-corrected chi connectivity index (χ2v) is 12.6. The molecule has 1 aromatic carbocycles. The predicted octanol–water partition coefficient (Wildman–Crippen LogP) is 3.88. The molecule has 3 heterocycles. The molecule has 2 atom stereocenters. The fourth-order valence-corrected chi connectivity index (χ4v) is 5.86. The first-order valence-electron chi connectivity index (χ1n) is 12.5. The summed E-state index contributed by atoms with van der Waals surface area (Å²) < 4.78 is 53.3. The van der Waals surface area contributed by atoms with Crippen LogP contribution in [0.25, 0.3) is 0 Å². The van der Waals surface area contributed by atoms with Gasteiger partial charge in [-0.15, -0.1) is 0 Å². The van der Waals surface area contributed by atoms with Crippen molar-refractivity contribution in [2.24, 2.45) is 11.3 Å². The molecule has 37 heavy (non-hydrogen) atoms. The van der Waals surface area contributed by atoms with Crippen LogP contribution in [0, 0.1) is 18.3 Å². The molecule has 0 spiro atoms. The number of anilines is 4. The zero-order valence-corrected chi connectivity index (χ0v) is 22.0. The quantitative estimate of drug-likeness (QED) is 0.579. The number of alkyl halides is 2. The number of hydrogen-bond donors (Lipinski definition) is 2. The predicted molar refractivity (Wildman–Crippen MR) is 139 cm³/mol. The summed E-state index contributed by atoms with van der Waals surface area (Å²) in [5.41, 5.74) is 2.41. The van der Waals surface area contributed by atoms with E-state index in [1.54, 1.807) is 36.1 Å². The van der Waals surface area contributed by atoms with E-state index in [9.17, 15) is 22.0 Å². The van der Waals surface area contributed by atoms with Crippen molar-refractivity contribution >= 4 is 39.1 Å². The van der Waals surface area contributed by atoms with Crippen molar-refractivity contribution in [3.05, 3.63) is 35.5 Å². The molecule has 5 rings (SSSR count). The van der Waals surface area contributed by atoms with E-state index in [2.05, 4.69) is 31.8 Å². The third-order valence-electron chi connectivity index (χ3n) is 7.68. The Morgan fingerprint density at radius 3 is 2.46 bits per heavy atom. The molecule has 0 bridgehead atoms. The average molecular weight is 535 g/mol. The van der Waals surface area contributed by atoms with Crippen molar-refractivity contribution in [2.45, 2.75) is 45.5 Å². The van der Waals surface area contributed by atoms with Crippen molar-refractivity contribution in [2.75, 3.05) is 52.3 Å². The van der Waals surface area contributed by atoms with Crippen LogP contribution in [0.2, 0.25) is 0 Å². The van der Waals surface area contributed by atoms with Gasteiger partial charge in [-0.1, -0.05) is 6.92 Å². The molecule has 2 aliphatic heterocycles. The number of halogens is 2. The van der Waals surface area contributed by atoms with Crippen LogP contribution >= 0.6 is 0 Å². The summed E-state index contributed by atoms with van der Waals surface area (Å²) in [6, 6.07) is 6.51. The summed E-state index contributed by atoms with van der Waals surface area (Å²) in [6.07, 6.45) is 2.71. The topological polar surface area (TPSA) is 108 Å². The van der Waals surface area contributed by atoms with Crippen molar-refractivity contribution in [3.63, 3.8) is 0 Å². The fraction of sp³-hybridized carbons (Fsp3) is 0.560. The standard InChI is InChI=1S/C25H32F2N6O3S/c1-16-12-21(30-23(28-16)32-10-7-25(26,27)8-11-32)29-22(34)19-5-4-18(31-37(3,35)36)13-20(19)33-9-6-24(2)14-17(24)15-33/h4-5,12-13,17,31H,6-11,14-15H2,1-3H3,(H,28,29,30,34)/t17-,24-/m0/s1. The van der Waals surface area contributed by atoms with Gasteiger partial charge >= 0.3 is 0 Å². The van der Waals surface area contributed by atoms with Gasteiger partial charge in [0.2, 0.25) is 16.0 Å². The number of nitrogens with one attached hydrogen (secondary N) is 2. The summed E-state index contributed by atoms with van der Waals surface area (Å²) in [7, 11) is -3.48. The van der Waals surface area contributed by atoms with Crippen molar-refractivity contribution in [1.29, 1.82) is 0 Å². The van der Waals surface area contributed by atoms with Crippen molar-refractivity contribution < 1.29 is 22.0 Å². The maximum Gasteiger partial charge on any atom is 0.258 e. The first-order valence-corrected chi connectivity index (χ1v) is 14.4. The van der Waals surface area contributed by atoms with Gasteiger partial charge in [0.05, 0.1) is 23.2 Å². The number of sulfonamides is 1. The highest BCUT2D eigenvalue weighted by Gasteiger charge is 2.52. The lowest BCUT2D eigenvalue weighted by molar-refractivity contribution is -0.0222. The van der Waals surface area contributed by atoms with E-state index in [4.69, 9.17) is 0 Å². The lowest BCUT2D eigenvalue weighted by Crippen LogP contribution is -2.40. The highest BCUT2D eigenvalue weighted by Crippen LogP contribution is 2.58. The number of nitrogens with zero attached hydrogens (tertiary/aromatic N) is 4. The zero-order valence-electron chi connectivity index (χ0n) is 21.2. The van der Waals surface area contributed by atoms with E-state index in [0.29, 0.717) is 39.9 Å². The van der Waals surface area contributed by atoms with Crippen LogP contribution in [-0.4, -0.2) is 62.7 Å². The first kappa shape index (κ1) is 25.6. The molecular formula is C25H32F2N6O3S. The number of rotatable bonds is 6. The first-order chi connectivity index (χ1) is 17.3. The molecule has 2 N–H and O–H groups in total. The minimum absolute atomic E-state index is 0.137. The molecule has 0 radical (unpaired) electrons. The summed E-state index contributed by atoms with van der Waals surface area (Å²) in [5.74, 6) is -1.93. The molecular weight excluding hydrogens is 502 g/mol. The Kier molecular flexibility index (Phi) is 6.28. The van der Waals surface area contributed by atoms with Crippen LogP contribution in [0.3, 0.4) is 0 Å². The minimum Gasteiger partial charge on any atom is -0.371 e. The van der Waals surface area contributed by atoms with Crippen LogP contribution in [0.5, 0.6) is 0 Å². The molecule has 1 aliphatic carbocycles. The molecule has 2 saturated heterocycles. The summed E-state index contributed by atoms with van der Waals surface area (Å²) in [5, 5.41) is 2.84. The molecule has 2 aromatic rings. The molecule has 0 unspecified atom stereocenters. The van der Waals surface area contributed by atoms with Gasteiger partial charge in [-0.2, -0.15) is 4.98 Å². The Morgan fingerprint density at radius 2 is 1.78 bits per heavy atom. The maximum atomic E-state index is 13.6. The molecule has 200 valence electrons. The largest absolute Gasteiger partial charge is 0.371 e. The number of hydrogen-bond acceptors (Lipinski definition) is 7. The molecule has 3 aliphatic rings. The van der Waals surface area contributed by atoms with E-state index < -0.39 is 15.9 Å². The van der Waals surface area contributed by atoms with E-state index in [1.807, 2.05) is 0 Å². The SMILES string of the molecule is Cc1cc(NC(=O)c2ccc(NS(C)(=O)=O)cc2N2CC[C@@]3(C)C[C@H]3C2)nc(N2CCC(F)(F)CC2)n1. The molecule has 9 nitrogen and oxygen atoms in total. The number of benzene rings is 1. The Labute approximate surface area is 215 Å². The third kappa shape index (κ3) is 5.78. The number of carbonyl (C=O) groups excluding carboxylic acids is 1. The second kappa shape index (κ2) is 9.07. The van der Waals surface area contributed by atoms with Gasteiger partial charge in [-0.05, 0) is 49.3 Å². The summed E-state index contributed by atoms with van der Waals surface area (Å²) in [4.78, 5) is 26.1. The van der Waals surface area contributed by atoms with Crippen LogP contribution in [0.1, 0.15) is 48.7 Å². The number of carbonyl (C=O) groups is 1. The van der Waals surface area contributed by atoms with Gasteiger partial charge in [0.15, 0.2) is 0 Å². The van der Waals surface area contributed by atoms with Gasteiger partial charge in [0.1, 0.15) is 5.82 Å². The number of fused-ring (bicyclic) bond motifs is 1. The van der Waals surface area contributed by atoms with E-state index in [1.165, 1.54) is 0 Å². The smallest absolute Gasteiger partial charge is 0.258 e. The third-order valence-corrected chi connectivity index (χ3v) is 8.29. The Bertz CT molecular complexity index is 1330. The van der Waals surface area contributed by atoms with E-state index in [0.717, 1.165) is 32.2 Å². The monoisotopic (exact) mass is 534 g/mol.